The van der Waals surface area contributed by atoms with Crippen molar-refractivity contribution in [2.24, 2.45) is 11.3 Å². The van der Waals surface area contributed by atoms with Gasteiger partial charge in [-0.25, -0.2) is 4.79 Å². The van der Waals surface area contributed by atoms with E-state index in [4.69, 9.17) is 22.4 Å². The third kappa shape index (κ3) is 15.4. The highest BCUT2D eigenvalue weighted by atomic mass is 28.4. The van der Waals surface area contributed by atoms with Crippen LogP contribution < -0.4 is 0 Å². The molecule has 66 heavy (non-hydrogen) atoms. The van der Waals surface area contributed by atoms with Crippen LogP contribution >= 0.6 is 0 Å². The minimum atomic E-state index is -2.81. The summed E-state index contributed by atoms with van der Waals surface area (Å²) in [6.45, 7) is 64.4. The summed E-state index contributed by atoms with van der Waals surface area (Å²) >= 11 is 0. The van der Waals surface area contributed by atoms with Gasteiger partial charge in [-0.1, -0.05) is 185 Å². The van der Waals surface area contributed by atoms with Crippen LogP contribution in [0.1, 0.15) is 189 Å². The summed E-state index contributed by atoms with van der Waals surface area (Å²) in [7, 11) is -11.1. The van der Waals surface area contributed by atoms with Gasteiger partial charge in [-0.05, 0) is 124 Å². The summed E-state index contributed by atoms with van der Waals surface area (Å²) in [5.74, 6) is -3.36. The van der Waals surface area contributed by atoms with E-state index in [1.807, 2.05) is 12.2 Å². The summed E-state index contributed by atoms with van der Waals surface area (Å²) in [5.41, 5.74) is 2.74. The van der Waals surface area contributed by atoms with E-state index in [1.165, 1.54) is 25.7 Å². The third-order valence-corrected chi connectivity index (χ3v) is 34.6. The number of allylic oxidation sites excluding steroid dienone is 6. The monoisotopic (exact) mass is 989 g/mol. The van der Waals surface area contributed by atoms with Crippen molar-refractivity contribution in [1.29, 1.82) is 0 Å². The summed E-state index contributed by atoms with van der Waals surface area (Å²) < 4.78 is 39.7. The molecule has 0 saturated carbocycles. The molecule has 1 aliphatic heterocycles. The number of hydrogen-bond donors (Lipinski definition) is 0. The Morgan fingerprint density at radius 2 is 0.985 bits per heavy atom. The molecule has 0 aromatic carbocycles. The van der Waals surface area contributed by atoms with Gasteiger partial charge in [-0.2, -0.15) is 0 Å². The van der Waals surface area contributed by atoms with Crippen molar-refractivity contribution in [3.8, 4) is 0 Å². The van der Waals surface area contributed by atoms with E-state index in [2.05, 4.69) is 196 Å². The maximum atomic E-state index is 14.5. The van der Waals surface area contributed by atoms with E-state index in [0.717, 1.165) is 48.8 Å². The maximum absolute atomic E-state index is 14.5. The maximum Gasteiger partial charge on any atom is 0.334 e. The lowest BCUT2D eigenvalue weighted by molar-refractivity contribution is -0.356. The van der Waals surface area contributed by atoms with E-state index in [-0.39, 0.29) is 32.0 Å². The van der Waals surface area contributed by atoms with Gasteiger partial charge < -0.3 is 22.4 Å². The largest absolute Gasteiger partial charge is 0.462 e. The lowest BCUT2D eigenvalue weighted by Crippen LogP contribution is -2.77. The first-order chi connectivity index (χ1) is 29.5. The van der Waals surface area contributed by atoms with E-state index in [9.17, 15) is 4.79 Å². The molecule has 0 aliphatic carbocycles. The van der Waals surface area contributed by atoms with Gasteiger partial charge in [0.2, 0.25) is 11.6 Å². The smallest absolute Gasteiger partial charge is 0.334 e. The van der Waals surface area contributed by atoms with Gasteiger partial charge in [0.1, 0.15) is 0 Å². The molecule has 6 nitrogen and oxygen atoms in total. The first-order valence-electron chi connectivity index (χ1n) is 25.9. The van der Waals surface area contributed by atoms with Crippen LogP contribution in [0, 0.1) is 11.3 Å². The summed E-state index contributed by atoms with van der Waals surface area (Å²) in [6, 6.07) is 0. The van der Waals surface area contributed by atoms with Gasteiger partial charge in [0.15, 0.2) is 33.3 Å². The molecule has 0 bridgehead atoms. The number of carbonyl (C=O) groups is 1. The number of hydrogen-bond acceptors (Lipinski definition) is 6. The Labute approximate surface area is 414 Å². The Morgan fingerprint density at radius 1 is 0.606 bits per heavy atom. The molecule has 0 amide bonds. The highest BCUT2D eigenvalue weighted by Gasteiger charge is 2.71. The van der Waals surface area contributed by atoms with Crippen molar-refractivity contribution in [3.63, 3.8) is 0 Å². The molecule has 384 valence electrons. The van der Waals surface area contributed by atoms with Crippen molar-refractivity contribution in [3.05, 3.63) is 59.3 Å². The molecule has 0 radical (unpaired) electrons. The quantitative estimate of drug-likeness (QED) is 0.0676. The Bertz CT molecular complexity index is 1660. The van der Waals surface area contributed by atoms with Gasteiger partial charge in [0.25, 0.3) is 0 Å². The van der Waals surface area contributed by atoms with Crippen molar-refractivity contribution >= 4 is 39.2 Å². The molecule has 10 heteroatoms. The van der Waals surface area contributed by atoms with Crippen molar-refractivity contribution in [2.75, 3.05) is 6.61 Å². The van der Waals surface area contributed by atoms with Crippen molar-refractivity contribution in [1.82, 2.24) is 0 Å². The highest BCUT2D eigenvalue weighted by Crippen LogP contribution is 2.61. The molecule has 1 heterocycles. The summed E-state index contributed by atoms with van der Waals surface area (Å²) in [5, 5.41) is -0.740. The van der Waals surface area contributed by atoms with E-state index in [0.29, 0.717) is 18.6 Å². The van der Waals surface area contributed by atoms with Crippen LogP contribution in [-0.2, 0) is 27.2 Å². The van der Waals surface area contributed by atoms with Gasteiger partial charge in [-0.3, -0.25) is 0 Å². The Balaban J connectivity index is 5.23. The predicted octanol–water partition coefficient (Wildman–Crippen LogP) is 18.5. The van der Waals surface area contributed by atoms with Crippen LogP contribution in [0.4, 0.5) is 0 Å². The fourth-order valence-corrected chi connectivity index (χ4v) is 13.6. The van der Waals surface area contributed by atoms with Crippen LogP contribution in [0.5, 0.6) is 0 Å². The summed E-state index contributed by atoms with van der Waals surface area (Å²) in [6.07, 6.45) is 21.0. The zero-order valence-corrected chi connectivity index (χ0v) is 52.4. The average Bonchev–Trinajstić information content (AvgIpc) is 3.13. The normalized spacial score (nSPS) is 21.0. The zero-order chi connectivity index (χ0) is 51.8. The molecule has 0 aromatic rings. The summed E-state index contributed by atoms with van der Waals surface area (Å²) in [4.78, 5) is 14.5. The number of carbonyl (C=O) groups excluding carboxylic acids is 1. The molecular formula is C56H108O6Si4. The molecule has 0 saturated heterocycles. The Morgan fingerprint density at radius 3 is 1.38 bits per heavy atom. The second kappa shape index (κ2) is 23.4. The van der Waals surface area contributed by atoms with Crippen LogP contribution in [0.25, 0.3) is 0 Å². The van der Waals surface area contributed by atoms with Crippen molar-refractivity contribution in [2.45, 2.75) is 273 Å². The molecule has 1 rings (SSSR count). The molecular weight excluding hydrogens is 881 g/mol. The molecule has 0 fully saturated rings. The first kappa shape index (κ1) is 62.9. The third-order valence-electron chi connectivity index (χ3n) is 16.9. The van der Waals surface area contributed by atoms with Gasteiger partial charge >= 0.3 is 5.97 Å². The first-order valence-corrected chi connectivity index (χ1v) is 37.5. The minimum Gasteiger partial charge on any atom is -0.462 e. The van der Waals surface area contributed by atoms with Crippen LogP contribution in [0.15, 0.2) is 59.3 Å². The number of esters is 1. The van der Waals surface area contributed by atoms with Crippen molar-refractivity contribution < 1.29 is 27.2 Å². The average molecular weight is 990 g/mol. The molecule has 1 atom stereocenters. The zero-order valence-electron chi connectivity index (χ0n) is 48.4. The molecule has 1 aliphatic rings. The SMILES string of the molecule is C=CC=C[C@H](C)C1=C(C)C(C)=C(C)C(C)(C)C(O[Si](C)(C)C(C)(C)C)(O[Si](C)(C)C(C)(C)C)C(O[Si](C)(C)C(C)(C)C)(O[Si](C)(C)C(C)(C)C)CC=CCCCCCCCCCCOC1=O. The molecule has 0 unspecified atom stereocenters. The van der Waals surface area contributed by atoms with Gasteiger partial charge in [0.05, 0.1) is 6.61 Å². The minimum absolute atomic E-state index is 0.171. The number of cyclic esters (lactones) is 1. The molecule has 0 aromatic heterocycles. The van der Waals surface area contributed by atoms with Crippen LogP contribution in [0.3, 0.4) is 0 Å². The molecule has 0 spiro atoms. The fourth-order valence-electron chi connectivity index (χ4n) is 7.68. The van der Waals surface area contributed by atoms with E-state index < -0.39 is 50.3 Å². The molecule has 0 N–H and O–H groups in total. The lowest BCUT2D eigenvalue weighted by Gasteiger charge is -2.65. The number of rotatable bonds is 11. The van der Waals surface area contributed by atoms with Crippen LogP contribution in [0.2, 0.25) is 72.5 Å². The van der Waals surface area contributed by atoms with Crippen LogP contribution in [-0.4, -0.2) is 57.4 Å². The Hall–Kier alpha value is -1.12. The number of ether oxygens (including phenoxy) is 1. The van der Waals surface area contributed by atoms with Gasteiger partial charge in [0, 0.05) is 23.3 Å². The predicted molar refractivity (Wildman–Crippen MR) is 298 cm³/mol. The fraction of sp³-hybridized carbons (Fsp3) is 0.804. The second-order valence-electron chi connectivity index (χ2n) is 26.6. The topological polar surface area (TPSA) is 63.2 Å². The lowest BCUT2D eigenvalue weighted by atomic mass is 9.70. The highest BCUT2D eigenvalue weighted by molar-refractivity contribution is 6.76. The van der Waals surface area contributed by atoms with E-state index in [1.54, 1.807) is 6.08 Å². The second-order valence-corrected chi connectivity index (χ2v) is 45.5. The Kier molecular flexibility index (Phi) is 22.3. The standard InChI is InChI=1S/C56H108O6Si4/c1-28-29-41-44(2)48-46(4)45(3)47(5)54(18,19)56(61-65(24,25)52(12,13)14,62-66(26,27)53(15,16)17)55(59-63(20,21)50(6,7)8,60-64(22,23)51(9,10)11)42-39-37-35-33-31-30-32-34-36-38-40-43-58-49(48)57/h28-29,37,39,41,44H,1,30-36,38,40,42-43H2,2-27H3/t44-/m0/s1. The van der Waals surface area contributed by atoms with E-state index >= 15 is 0 Å². The van der Waals surface area contributed by atoms with Gasteiger partial charge in [-0.15, -0.1) is 0 Å².